The van der Waals surface area contributed by atoms with Gasteiger partial charge in [0.25, 0.3) is 0 Å². The third kappa shape index (κ3) is 3.11. The van der Waals surface area contributed by atoms with Crippen LogP contribution in [0.2, 0.25) is 5.15 Å². The van der Waals surface area contributed by atoms with E-state index >= 15 is 0 Å². The van der Waals surface area contributed by atoms with Crippen molar-refractivity contribution < 1.29 is 9.47 Å². The molecule has 3 nitrogen and oxygen atoms in total. The Labute approximate surface area is 105 Å². The minimum absolute atomic E-state index is 0.438. The summed E-state index contributed by atoms with van der Waals surface area (Å²) in [6.45, 7) is 0.438. The van der Waals surface area contributed by atoms with Crippen LogP contribution in [0.5, 0.6) is 11.5 Å². The lowest BCUT2D eigenvalue weighted by molar-refractivity contribution is 0.295. The van der Waals surface area contributed by atoms with E-state index in [9.17, 15) is 0 Å². The Balaban J connectivity index is 2.04. The van der Waals surface area contributed by atoms with Crippen molar-refractivity contribution in [3.8, 4) is 11.5 Å². The molecule has 0 aliphatic rings. The highest BCUT2D eigenvalue weighted by molar-refractivity contribution is 6.29. The third-order valence-electron chi connectivity index (χ3n) is 2.29. The molecular formula is C13H12ClNO2. The summed E-state index contributed by atoms with van der Waals surface area (Å²) in [6, 6.07) is 11.2. The van der Waals surface area contributed by atoms with Gasteiger partial charge in [0.2, 0.25) is 0 Å². The van der Waals surface area contributed by atoms with E-state index in [1.165, 1.54) is 0 Å². The standard InChI is InChI=1S/C13H12ClNO2/c1-16-12-5-3-2-4-10(12)9-17-11-6-7-13(14)15-8-11/h2-8H,9H2,1H3. The van der Waals surface area contributed by atoms with Crippen molar-refractivity contribution in [2.75, 3.05) is 7.11 Å². The van der Waals surface area contributed by atoms with Crippen LogP contribution in [0, 0.1) is 0 Å². The Morgan fingerprint density at radius 3 is 2.71 bits per heavy atom. The molecule has 0 atom stereocenters. The number of hydrogen-bond acceptors (Lipinski definition) is 3. The molecule has 0 N–H and O–H groups in total. The summed E-state index contributed by atoms with van der Waals surface area (Å²) in [5, 5.41) is 0.453. The summed E-state index contributed by atoms with van der Waals surface area (Å²) in [5.41, 5.74) is 0.991. The molecule has 2 rings (SSSR count). The highest BCUT2D eigenvalue weighted by Crippen LogP contribution is 2.20. The molecule has 2 aromatic rings. The van der Waals surface area contributed by atoms with Crippen LogP contribution in [-0.2, 0) is 6.61 Å². The zero-order chi connectivity index (χ0) is 12.1. The Bertz CT molecular complexity index is 485. The number of aromatic nitrogens is 1. The number of nitrogens with zero attached hydrogens (tertiary/aromatic N) is 1. The SMILES string of the molecule is COc1ccccc1COc1ccc(Cl)nc1. The molecule has 0 bridgehead atoms. The van der Waals surface area contributed by atoms with E-state index in [2.05, 4.69) is 4.98 Å². The number of methoxy groups -OCH3 is 1. The maximum Gasteiger partial charge on any atom is 0.138 e. The summed E-state index contributed by atoms with van der Waals surface area (Å²) < 4.78 is 10.8. The molecule has 88 valence electrons. The molecule has 0 aliphatic carbocycles. The molecular weight excluding hydrogens is 238 g/mol. The lowest BCUT2D eigenvalue weighted by atomic mass is 10.2. The van der Waals surface area contributed by atoms with Crippen molar-refractivity contribution in [3.63, 3.8) is 0 Å². The molecule has 0 unspecified atom stereocenters. The van der Waals surface area contributed by atoms with Gasteiger partial charge in [0, 0.05) is 5.56 Å². The van der Waals surface area contributed by atoms with E-state index in [1.54, 1.807) is 25.4 Å². The average molecular weight is 250 g/mol. The molecule has 0 spiro atoms. The monoisotopic (exact) mass is 249 g/mol. The molecule has 1 aromatic heterocycles. The van der Waals surface area contributed by atoms with Gasteiger partial charge in [-0.3, -0.25) is 0 Å². The van der Waals surface area contributed by atoms with E-state index in [4.69, 9.17) is 21.1 Å². The molecule has 1 aromatic carbocycles. The van der Waals surface area contributed by atoms with E-state index in [1.807, 2.05) is 24.3 Å². The van der Waals surface area contributed by atoms with Crippen LogP contribution in [0.4, 0.5) is 0 Å². The molecule has 0 radical (unpaired) electrons. The van der Waals surface area contributed by atoms with Crippen LogP contribution >= 0.6 is 11.6 Å². The van der Waals surface area contributed by atoms with E-state index in [-0.39, 0.29) is 0 Å². The van der Waals surface area contributed by atoms with Gasteiger partial charge in [-0.1, -0.05) is 29.8 Å². The molecule has 1 heterocycles. The van der Waals surface area contributed by atoms with Crippen LogP contribution in [-0.4, -0.2) is 12.1 Å². The number of benzene rings is 1. The second-order valence-electron chi connectivity index (χ2n) is 3.42. The molecule has 17 heavy (non-hydrogen) atoms. The van der Waals surface area contributed by atoms with Crippen LogP contribution in [0.3, 0.4) is 0 Å². The zero-order valence-electron chi connectivity index (χ0n) is 9.39. The summed E-state index contributed by atoms with van der Waals surface area (Å²) in [6.07, 6.45) is 1.59. The fourth-order valence-corrected chi connectivity index (χ4v) is 1.54. The number of halogens is 1. The van der Waals surface area contributed by atoms with E-state index in [0.717, 1.165) is 11.3 Å². The Morgan fingerprint density at radius 2 is 2.00 bits per heavy atom. The smallest absolute Gasteiger partial charge is 0.138 e. The van der Waals surface area contributed by atoms with Gasteiger partial charge in [0.15, 0.2) is 0 Å². The number of ether oxygens (including phenoxy) is 2. The molecule has 0 saturated carbocycles. The first-order valence-corrected chi connectivity index (χ1v) is 5.53. The molecule has 0 amide bonds. The molecule has 0 saturated heterocycles. The van der Waals surface area contributed by atoms with Crippen LogP contribution in [0.1, 0.15) is 5.56 Å². The van der Waals surface area contributed by atoms with Crippen molar-refractivity contribution in [1.29, 1.82) is 0 Å². The first-order chi connectivity index (χ1) is 8.29. The van der Waals surface area contributed by atoms with Crippen molar-refractivity contribution in [1.82, 2.24) is 4.98 Å². The van der Waals surface area contributed by atoms with Crippen molar-refractivity contribution in [2.24, 2.45) is 0 Å². The predicted octanol–water partition coefficient (Wildman–Crippen LogP) is 3.32. The Morgan fingerprint density at radius 1 is 1.18 bits per heavy atom. The second kappa shape index (κ2) is 5.55. The summed E-state index contributed by atoms with van der Waals surface area (Å²) in [4.78, 5) is 3.94. The van der Waals surface area contributed by atoms with Gasteiger partial charge >= 0.3 is 0 Å². The predicted molar refractivity (Wildman–Crippen MR) is 66.6 cm³/mol. The van der Waals surface area contributed by atoms with Crippen LogP contribution in [0.15, 0.2) is 42.6 Å². The Hall–Kier alpha value is -1.74. The maximum absolute atomic E-state index is 5.69. The number of para-hydroxylation sites is 1. The normalized spacial score (nSPS) is 10.0. The topological polar surface area (TPSA) is 31.4 Å². The van der Waals surface area contributed by atoms with Crippen LogP contribution in [0.25, 0.3) is 0 Å². The number of rotatable bonds is 4. The summed E-state index contributed by atoms with van der Waals surface area (Å²) in [7, 11) is 1.64. The molecule has 4 heteroatoms. The first kappa shape index (κ1) is 11.7. The van der Waals surface area contributed by atoms with Gasteiger partial charge in [-0.2, -0.15) is 0 Å². The van der Waals surface area contributed by atoms with Gasteiger partial charge in [-0.25, -0.2) is 4.98 Å². The highest BCUT2D eigenvalue weighted by Gasteiger charge is 2.02. The van der Waals surface area contributed by atoms with Crippen molar-refractivity contribution in [3.05, 3.63) is 53.3 Å². The van der Waals surface area contributed by atoms with E-state index in [0.29, 0.717) is 17.5 Å². The van der Waals surface area contributed by atoms with Gasteiger partial charge < -0.3 is 9.47 Å². The fraction of sp³-hybridized carbons (Fsp3) is 0.154. The van der Waals surface area contributed by atoms with Gasteiger partial charge in [0.1, 0.15) is 23.3 Å². The second-order valence-corrected chi connectivity index (χ2v) is 3.80. The zero-order valence-corrected chi connectivity index (χ0v) is 10.1. The summed E-state index contributed by atoms with van der Waals surface area (Å²) >= 11 is 5.69. The van der Waals surface area contributed by atoms with Crippen LogP contribution < -0.4 is 9.47 Å². The minimum atomic E-state index is 0.438. The first-order valence-electron chi connectivity index (χ1n) is 5.16. The average Bonchev–Trinajstić information content (AvgIpc) is 2.38. The molecule has 0 aliphatic heterocycles. The van der Waals surface area contributed by atoms with E-state index < -0.39 is 0 Å². The Kier molecular flexibility index (Phi) is 3.83. The van der Waals surface area contributed by atoms with Gasteiger partial charge in [-0.15, -0.1) is 0 Å². The highest BCUT2D eigenvalue weighted by atomic mass is 35.5. The number of pyridine rings is 1. The quantitative estimate of drug-likeness (QED) is 0.779. The van der Waals surface area contributed by atoms with Crippen molar-refractivity contribution >= 4 is 11.6 Å². The fourth-order valence-electron chi connectivity index (χ4n) is 1.43. The third-order valence-corrected chi connectivity index (χ3v) is 2.51. The van der Waals surface area contributed by atoms with Gasteiger partial charge in [0.05, 0.1) is 13.3 Å². The minimum Gasteiger partial charge on any atom is -0.496 e. The maximum atomic E-state index is 5.69. The van der Waals surface area contributed by atoms with Crippen molar-refractivity contribution in [2.45, 2.75) is 6.61 Å². The largest absolute Gasteiger partial charge is 0.496 e. The van der Waals surface area contributed by atoms with Gasteiger partial charge in [-0.05, 0) is 18.2 Å². The summed E-state index contributed by atoms with van der Waals surface area (Å²) in [5.74, 6) is 1.50. The lowest BCUT2D eigenvalue weighted by Crippen LogP contribution is -1.98. The lowest BCUT2D eigenvalue weighted by Gasteiger charge is -2.09. The molecule has 0 fully saturated rings. The number of hydrogen-bond donors (Lipinski definition) is 0.